The maximum atomic E-state index is 12.0. The number of likely N-dealkylation sites (tertiary alicyclic amines) is 1. The zero-order valence-corrected chi connectivity index (χ0v) is 16.5. The Morgan fingerprint density at radius 3 is 2.71 bits per heavy atom. The molecule has 4 rings (SSSR count). The number of rotatable bonds is 8. The van der Waals surface area contributed by atoms with Gasteiger partial charge in [-0.05, 0) is 37.0 Å². The van der Waals surface area contributed by atoms with Gasteiger partial charge in [0.1, 0.15) is 5.75 Å². The fourth-order valence-electron chi connectivity index (χ4n) is 3.87. The number of anilines is 1. The highest BCUT2D eigenvalue weighted by molar-refractivity contribution is 5.93. The van der Waals surface area contributed by atoms with Gasteiger partial charge in [-0.25, -0.2) is 0 Å². The molecule has 0 unspecified atom stereocenters. The Morgan fingerprint density at radius 1 is 1.25 bits per heavy atom. The molecule has 28 heavy (non-hydrogen) atoms. The SMILES string of the molecule is COC[C@@H]1C[C@H](n2cc(NC(=O)C3CC3)cn2)CN1Cc1ccc(OC)cc1. The molecule has 1 saturated heterocycles. The van der Waals surface area contributed by atoms with E-state index >= 15 is 0 Å². The Hall–Kier alpha value is -2.38. The average Bonchev–Trinajstić information content (AvgIpc) is 3.35. The Morgan fingerprint density at radius 2 is 2.04 bits per heavy atom. The Kier molecular flexibility index (Phi) is 5.64. The van der Waals surface area contributed by atoms with Gasteiger partial charge in [0.15, 0.2) is 0 Å². The normalized spacial score (nSPS) is 22.4. The quantitative estimate of drug-likeness (QED) is 0.758. The highest BCUT2D eigenvalue weighted by Gasteiger charge is 2.34. The van der Waals surface area contributed by atoms with Gasteiger partial charge in [-0.15, -0.1) is 0 Å². The number of hydrogen-bond acceptors (Lipinski definition) is 5. The summed E-state index contributed by atoms with van der Waals surface area (Å²) in [5.74, 6) is 1.18. The first kappa shape index (κ1) is 19.0. The Balaban J connectivity index is 1.41. The Bertz CT molecular complexity index is 800. The fraction of sp³-hybridized carbons (Fsp3) is 0.524. The average molecular weight is 384 g/mol. The molecular formula is C21H28N4O3. The van der Waals surface area contributed by atoms with E-state index in [0.717, 1.165) is 43.8 Å². The summed E-state index contributed by atoms with van der Waals surface area (Å²) in [5, 5.41) is 7.48. The second-order valence-electron chi connectivity index (χ2n) is 7.75. The van der Waals surface area contributed by atoms with Crippen LogP contribution < -0.4 is 10.1 Å². The number of methoxy groups -OCH3 is 2. The largest absolute Gasteiger partial charge is 0.497 e. The molecule has 7 heteroatoms. The summed E-state index contributed by atoms with van der Waals surface area (Å²) in [6, 6.07) is 8.81. The van der Waals surface area contributed by atoms with Crippen LogP contribution in [0.15, 0.2) is 36.7 Å². The van der Waals surface area contributed by atoms with Gasteiger partial charge in [0.2, 0.25) is 5.91 Å². The standard InChI is InChI=1S/C21H28N4O3/c1-27-14-19-9-18(13-24(19)11-15-3-7-20(28-2)8-4-15)25-12-17(10-22-25)23-21(26)16-5-6-16/h3-4,7-8,10,12,16,18-19H,5-6,9,11,13-14H2,1-2H3,(H,23,26)/t18-,19-/m0/s1. The zero-order chi connectivity index (χ0) is 19.5. The Labute approximate surface area is 165 Å². The third kappa shape index (κ3) is 4.36. The molecule has 0 bridgehead atoms. The van der Waals surface area contributed by atoms with Crippen LogP contribution in [0.3, 0.4) is 0 Å². The molecule has 1 aromatic carbocycles. The molecule has 2 atom stereocenters. The van der Waals surface area contributed by atoms with Gasteiger partial charge in [0.25, 0.3) is 0 Å². The van der Waals surface area contributed by atoms with Gasteiger partial charge in [0, 0.05) is 38.4 Å². The van der Waals surface area contributed by atoms with Crippen molar-refractivity contribution in [2.75, 3.05) is 32.7 Å². The van der Waals surface area contributed by atoms with Crippen molar-refractivity contribution in [3.05, 3.63) is 42.2 Å². The number of hydrogen-bond donors (Lipinski definition) is 1. The molecule has 1 aliphatic carbocycles. The van der Waals surface area contributed by atoms with Crippen LogP contribution >= 0.6 is 0 Å². The lowest BCUT2D eigenvalue weighted by atomic mass is 10.1. The van der Waals surface area contributed by atoms with Crippen LogP contribution in [0.2, 0.25) is 0 Å². The van der Waals surface area contributed by atoms with Crippen LogP contribution in [0, 0.1) is 5.92 Å². The summed E-state index contributed by atoms with van der Waals surface area (Å²) >= 11 is 0. The molecule has 2 fully saturated rings. The van der Waals surface area contributed by atoms with Gasteiger partial charge >= 0.3 is 0 Å². The summed E-state index contributed by atoms with van der Waals surface area (Å²) in [6.45, 7) is 2.46. The molecule has 1 saturated carbocycles. The third-order valence-corrected chi connectivity index (χ3v) is 5.60. The van der Waals surface area contributed by atoms with E-state index in [0.29, 0.717) is 12.6 Å². The van der Waals surface area contributed by atoms with E-state index in [9.17, 15) is 4.79 Å². The molecule has 150 valence electrons. The van der Waals surface area contributed by atoms with Gasteiger partial charge in [-0.1, -0.05) is 12.1 Å². The number of amides is 1. The lowest BCUT2D eigenvalue weighted by Crippen LogP contribution is -2.32. The first-order chi connectivity index (χ1) is 13.7. The molecule has 2 heterocycles. The number of benzene rings is 1. The summed E-state index contributed by atoms with van der Waals surface area (Å²) in [7, 11) is 3.43. The van der Waals surface area contributed by atoms with E-state index in [1.54, 1.807) is 20.4 Å². The predicted octanol–water partition coefficient (Wildman–Crippen LogP) is 2.70. The summed E-state index contributed by atoms with van der Waals surface area (Å²) < 4.78 is 12.7. The monoisotopic (exact) mass is 384 g/mol. The van der Waals surface area contributed by atoms with E-state index in [1.807, 2.05) is 23.0 Å². The van der Waals surface area contributed by atoms with Gasteiger partial charge in [0.05, 0.1) is 31.6 Å². The van der Waals surface area contributed by atoms with Crippen LogP contribution in [-0.4, -0.2) is 54.0 Å². The zero-order valence-electron chi connectivity index (χ0n) is 16.5. The van der Waals surface area contributed by atoms with Crippen molar-refractivity contribution in [1.82, 2.24) is 14.7 Å². The summed E-state index contributed by atoms with van der Waals surface area (Å²) in [5.41, 5.74) is 2.04. The van der Waals surface area contributed by atoms with Crippen molar-refractivity contribution in [2.24, 2.45) is 5.92 Å². The molecule has 0 spiro atoms. The van der Waals surface area contributed by atoms with Crippen LogP contribution in [0.25, 0.3) is 0 Å². The molecule has 2 aliphatic rings. The van der Waals surface area contributed by atoms with Crippen molar-refractivity contribution < 1.29 is 14.3 Å². The maximum absolute atomic E-state index is 12.0. The molecule has 1 aromatic heterocycles. The lowest BCUT2D eigenvalue weighted by Gasteiger charge is -2.23. The van der Waals surface area contributed by atoms with E-state index in [1.165, 1.54) is 5.56 Å². The summed E-state index contributed by atoms with van der Waals surface area (Å²) in [6.07, 6.45) is 6.67. The lowest BCUT2D eigenvalue weighted by molar-refractivity contribution is -0.117. The number of carbonyl (C=O) groups is 1. The van der Waals surface area contributed by atoms with Crippen LogP contribution in [-0.2, 0) is 16.1 Å². The smallest absolute Gasteiger partial charge is 0.227 e. The molecule has 7 nitrogen and oxygen atoms in total. The molecule has 0 radical (unpaired) electrons. The van der Waals surface area contributed by atoms with E-state index in [4.69, 9.17) is 9.47 Å². The minimum Gasteiger partial charge on any atom is -0.497 e. The fourth-order valence-corrected chi connectivity index (χ4v) is 3.87. The number of nitrogens with one attached hydrogen (secondary N) is 1. The van der Waals surface area contributed by atoms with Gasteiger partial charge in [-0.2, -0.15) is 5.10 Å². The number of carbonyl (C=O) groups excluding carboxylic acids is 1. The van der Waals surface area contributed by atoms with Gasteiger partial charge in [-0.3, -0.25) is 14.4 Å². The van der Waals surface area contributed by atoms with Crippen molar-refractivity contribution >= 4 is 11.6 Å². The van der Waals surface area contributed by atoms with Crippen molar-refractivity contribution in [2.45, 2.75) is 37.9 Å². The van der Waals surface area contributed by atoms with Crippen LogP contribution in [0.5, 0.6) is 5.75 Å². The van der Waals surface area contributed by atoms with E-state index < -0.39 is 0 Å². The second-order valence-corrected chi connectivity index (χ2v) is 7.75. The molecule has 1 N–H and O–H groups in total. The minimum absolute atomic E-state index is 0.115. The molecule has 2 aromatic rings. The topological polar surface area (TPSA) is 68.6 Å². The van der Waals surface area contributed by atoms with Gasteiger partial charge < -0.3 is 14.8 Å². The predicted molar refractivity (Wildman–Crippen MR) is 106 cm³/mol. The highest BCUT2D eigenvalue weighted by atomic mass is 16.5. The first-order valence-electron chi connectivity index (χ1n) is 9.87. The van der Waals surface area contributed by atoms with E-state index in [2.05, 4.69) is 27.4 Å². The van der Waals surface area contributed by atoms with Crippen LogP contribution in [0.4, 0.5) is 5.69 Å². The van der Waals surface area contributed by atoms with Crippen molar-refractivity contribution in [1.29, 1.82) is 0 Å². The number of nitrogens with zero attached hydrogens (tertiary/aromatic N) is 3. The summed E-state index contributed by atoms with van der Waals surface area (Å²) in [4.78, 5) is 14.4. The minimum atomic E-state index is 0.115. The number of ether oxygens (including phenoxy) is 2. The molecule has 1 amide bonds. The maximum Gasteiger partial charge on any atom is 0.227 e. The first-order valence-corrected chi connectivity index (χ1v) is 9.87. The highest BCUT2D eigenvalue weighted by Crippen LogP contribution is 2.32. The molecular weight excluding hydrogens is 356 g/mol. The van der Waals surface area contributed by atoms with E-state index in [-0.39, 0.29) is 17.9 Å². The number of aromatic nitrogens is 2. The van der Waals surface area contributed by atoms with Crippen molar-refractivity contribution in [3.63, 3.8) is 0 Å². The third-order valence-electron chi connectivity index (χ3n) is 5.60. The second kappa shape index (κ2) is 8.32. The van der Waals surface area contributed by atoms with Crippen molar-refractivity contribution in [3.8, 4) is 5.75 Å². The van der Waals surface area contributed by atoms with Crippen LogP contribution in [0.1, 0.15) is 30.9 Å². The molecule has 1 aliphatic heterocycles.